The van der Waals surface area contributed by atoms with Gasteiger partial charge in [0, 0.05) is 37.4 Å². The fourth-order valence-electron chi connectivity index (χ4n) is 2.89. The first-order chi connectivity index (χ1) is 7.78. The Morgan fingerprint density at radius 1 is 1.31 bits per heavy atom. The second kappa shape index (κ2) is 3.75. The van der Waals surface area contributed by atoms with E-state index < -0.39 is 0 Å². The summed E-state index contributed by atoms with van der Waals surface area (Å²) in [7, 11) is 2.24. The Bertz CT molecular complexity index is 379. The van der Waals surface area contributed by atoms with Crippen molar-refractivity contribution in [2.75, 3.05) is 25.0 Å². The minimum absolute atomic E-state index is 0.633. The molecule has 0 amide bonds. The summed E-state index contributed by atoms with van der Waals surface area (Å²) in [6, 6.07) is 10.2. The van der Waals surface area contributed by atoms with Crippen LogP contribution in [0, 0.1) is 0 Å². The molecule has 2 atom stereocenters. The molecule has 2 N–H and O–H groups in total. The molecule has 0 radical (unpaired) electrons. The van der Waals surface area contributed by atoms with Crippen molar-refractivity contribution < 1.29 is 0 Å². The molecule has 3 heteroatoms. The molecule has 3 nitrogen and oxygen atoms in total. The van der Waals surface area contributed by atoms with Crippen LogP contribution in [0.5, 0.6) is 0 Å². The highest BCUT2D eigenvalue weighted by Gasteiger charge is 2.41. The van der Waals surface area contributed by atoms with Gasteiger partial charge in [-0.25, -0.2) is 0 Å². The van der Waals surface area contributed by atoms with Crippen LogP contribution in [0.3, 0.4) is 0 Å². The number of rotatable bonds is 2. The number of hydrogen-bond donors (Lipinski definition) is 1. The Balaban J connectivity index is 1.78. The molecule has 1 aromatic rings. The van der Waals surface area contributed by atoms with Gasteiger partial charge in [0.2, 0.25) is 0 Å². The maximum absolute atomic E-state index is 5.68. The van der Waals surface area contributed by atoms with Crippen LogP contribution < -0.4 is 10.6 Å². The average Bonchev–Trinajstić information content (AvgIpc) is 2.38. The third-order valence-electron chi connectivity index (χ3n) is 4.07. The Labute approximate surface area is 96.8 Å². The van der Waals surface area contributed by atoms with Crippen LogP contribution in [0.4, 0.5) is 5.69 Å². The fourth-order valence-corrected chi connectivity index (χ4v) is 2.89. The number of hydrogen-bond acceptors (Lipinski definition) is 3. The highest BCUT2D eigenvalue weighted by molar-refractivity contribution is 5.50. The van der Waals surface area contributed by atoms with Crippen molar-refractivity contribution >= 4 is 5.69 Å². The topological polar surface area (TPSA) is 32.5 Å². The van der Waals surface area contributed by atoms with Gasteiger partial charge >= 0.3 is 0 Å². The molecular weight excluding hydrogens is 198 g/mol. The zero-order valence-corrected chi connectivity index (χ0v) is 9.76. The summed E-state index contributed by atoms with van der Waals surface area (Å²) >= 11 is 0. The van der Waals surface area contributed by atoms with Gasteiger partial charge in [-0.1, -0.05) is 12.1 Å². The van der Waals surface area contributed by atoms with Crippen LogP contribution in [-0.2, 0) is 6.54 Å². The van der Waals surface area contributed by atoms with E-state index in [2.05, 4.69) is 41.1 Å². The monoisotopic (exact) mass is 217 g/mol. The summed E-state index contributed by atoms with van der Waals surface area (Å²) in [5, 5.41) is 0. The smallest absolute Gasteiger partial charge is 0.0370 e. The van der Waals surface area contributed by atoms with Gasteiger partial charge in [-0.3, -0.25) is 4.90 Å². The molecule has 2 bridgehead atoms. The Hall–Kier alpha value is -1.06. The van der Waals surface area contributed by atoms with E-state index in [0.29, 0.717) is 6.54 Å². The quantitative estimate of drug-likeness (QED) is 0.803. The number of nitrogens with two attached hydrogens (primary N) is 1. The summed E-state index contributed by atoms with van der Waals surface area (Å²) in [5.74, 6) is 0. The highest BCUT2D eigenvalue weighted by Crippen LogP contribution is 2.33. The van der Waals surface area contributed by atoms with Crippen molar-refractivity contribution in [3.8, 4) is 0 Å². The number of nitrogens with zero attached hydrogens (tertiary/aromatic N) is 2. The number of likely N-dealkylation sites (N-methyl/N-ethyl adjacent to an activating group) is 1. The Morgan fingerprint density at radius 2 is 2.06 bits per heavy atom. The number of anilines is 1. The predicted octanol–water partition coefficient (Wildman–Crippen LogP) is 1.04. The number of benzene rings is 1. The van der Waals surface area contributed by atoms with E-state index in [0.717, 1.165) is 12.1 Å². The first-order valence-electron chi connectivity index (χ1n) is 6.04. The second-order valence-electron chi connectivity index (χ2n) is 4.99. The lowest BCUT2D eigenvalue weighted by Crippen LogP contribution is -2.67. The lowest BCUT2D eigenvalue weighted by Gasteiger charge is -2.55. The van der Waals surface area contributed by atoms with Gasteiger partial charge in [0.15, 0.2) is 0 Å². The predicted molar refractivity (Wildman–Crippen MR) is 66.5 cm³/mol. The first-order valence-corrected chi connectivity index (χ1v) is 6.04. The minimum atomic E-state index is 0.633. The second-order valence-corrected chi connectivity index (χ2v) is 4.99. The third kappa shape index (κ3) is 1.51. The van der Waals surface area contributed by atoms with Crippen molar-refractivity contribution in [3.63, 3.8) is 0 Å². The van der Waals surface area contributed by atoms with E-state index in [-0.39, 0.29) is 0 Å². The van der Waals surface area contributed by atoms with E-state index in [1.165, 1.54) is 30.8 Å². The van der Waals surface area contributed by atoms with Crippen LogP contribution in [-0.4, -0.2) is 37.1 Å². The van der Waals surface area contributed by atoms with Gasteiger partial charge in [0.25, 0.3) is 0 Å². The van der Waals surface area contributed by atoms with E-state index in [4.69, 9.17) is 5.73 Å². The zero-order chi connectivity index (χ0) is 11.1. The maximum Gasteiger partial charge on any atom is 0.0370 e. The van der Waals surface area contributed by atoms with Crippen molar-refractivity contribution in [2.45, 2.75) is 25.0 Å². The van der Waals surface area contributed by atoms with Crippen LogP contribution in [0.2, 0.25) is 0 Å². The van der Waals surface area contributed by atoms with Crippen LogP contribution >= 0.6 is 0 Å². The standard InChI is InChI=1S/C13H19N3/c1-15-12-6-13(15)9-16(8-12)11-4-2-3-10(5-11)7-14/h2-5,12-13H,6-9,14H2,1H3. The number of piperazine rings is 1. The fraction of sp³-hybridized carbons (Fsp3) is 0.538. The molecule has 86 valence electrons. The van der Waals surface area contributed by atoms with Gasteiger partial charge in [0.05, 0.1) is 0 Å². The van der Waals surface area contributed by atoms with E-state index in [9.17, 15) is 0 Å². The van der Waals surface area contributed by atoms with Crippen LogP contribution in [0.15, 0.2) is 24.3 Å². The van der Waals surface area contributed by atoms with Gasteiger partial charge in [-0.15, -0.1) is 0 Å². The summed E-state index contributed by atoms with van der Waals surface area (Å²) < 4.78 is 0. The summed E-state index contributed by atoms with van der Waals surface area (Å²) in [6.07, 6.45) is 1.38. The third-order valence-corrected chi connectivity index (χ3v) is 4.07. The molecule has 4 rings (SSSR count). The number of piperidine rings is 1. The van der Waals surface area contributed by atoms with E-state index in [1.807, 2.05) is 0 Å². The molecule has 1 aromatic carbocycles. The molecule has 3 heterocycles. The minimum Gasteiger partial charge on any atom is -0.368 e. The average molecular weight is 217 g/mol. The lowest BCUT2D eigenvalue weighted by molar-refractivity contribution is 0.0264. The molecular formula is C13H19N3. The molecule has 3 aliphatic rings. The normalized spacial score (nSPS) is 29.0. The SMILES string of the molecule is CN1C2CC1CN(c1cccc(CN)c1)C2. The van der Waals surface area contributed by atoms with Gasteiger partial charge in [-0.05, 0) is 31.2 Å². The molecule has 0 spiro atoms. The molecule has 0 aliphatic carbocycles. The first kappa shape index (κ1) is 10.1. The largest absolute Gasteiger partial charge is 0.368 e. The molecule has 3 saturated heterocycles. The molecule has 3 fully saturated rings. The van der Waals surface area contributed by atoms with Crippen molar-refractivity contribution in [1.29, 1.82) is 0 Å². The lowest BCUT2D eigenvalue weighted by atomic mass is 9.88. The van der Waals surface area contributed by atoms with Gasteiger partial charge < -0.3 is 10.6 Å². The molecule has 0 aromatic heterocycles. The summed E-state index contributed by atoms with van der Waals surface area (Å²) in [4.78, 5) is 5.00. The molecule has 2 unspecified atom stereocenters. The van der Waals surface area contributed by atoms with E-state index >= 15 is 0 Å². The van der Waals surface area contributed by atoms with Gasteiger partial charge in [0.1, 0.15) is 0 Å². The number of fused-ring (bicyclic) bond motifs is 2. The maximum atomic E-state index is 5.68. The molecule has 16 heavy (non-hydrogen) atoms. The van der Waals surface area contributed by atoms with Crippen LogP contribution in [0.25, 0.3) is 0 Å². The molecule has 0 saturated carbocycles. The van der Waals surface area contributed by atoms with Crippen molar-refractivity contribution in [2.24, 2.45) is 5.73 Å². The summed E-state index contributed by atoms with van der Waals surface area (Å²) in [5.41, 5.74) is 8.25. The highest BCUT2D eigenvalue weighted by atomic mass is 15.3. The zero-order valence-electron chi connectivity index (χ0n) is 9.76. The van der Waals surface area contributed by atoms with E-state index in [1.54, 1.807) is 0 Å². The molecule has 3 aliphatic heterocycles. The summed E-state index contributed by atoms with van der Waals surface area (Å²) in [6.45, 7) is 2.97. The van der Waals surface area contributed by atoms with Crippen LogP contribution in [0.1, 0.15) is 12.0 Å². The van der Waals surface area contributed by atoms with Gasteiger partial charge in [-0.2, -0.15) is 0 Å². The Morgan fingerprint density at radius 3 is 2.69 bits per heavy atom. The Kier molecular flexibility index (Phi) is 2.37. The van der Waals surface area contributed by atoms with Crippen molar-refractivity contribution in [1.82, 2.24) is 4.90 Å². The van der Waals surface area contributed by atoms with Crippen molar-refractivity contribution in [3.05, 3.63) is 29.8 Å².